The molecule has 1 saturated heterocycles. The number of halogens is 5. The number of carboxylic acids is 1. The first-order valence-electron chi connectivity index (χ1n) is 12.7. The van der Waals surface area contributed by atoms with Crippen LogP contribution in [-0.4, -0.2) is 52.0 Å². The molecule has 3 aromatic carbocycles. The Labute approximate surface area is 234 Å². The number of benzene rings is 3. The minimum atomic E-state index is -5.08. The highest BCUT2D eigenvalue weighted by atomic mass is 35.5. The normalized spacial score (nSPS) is 17.6. The largest absolute Gasteiger partial charge is 0.490 e. The second-order valence-electron chi connectivity index (χ2n) is 9.61. The van der Waals surface area contributed by atoms with Crippen molar-refractivity contribution in [2.45, 2.75) is 30.9 Å². The van der Waals surface area contributed by atoms with Crippen molar-refractivity contribution in [2.24, 2.45) is 0 Å². The van der Waals surface area contributed by atoms with Crippen LogP contribution < -0.4 is 0 Å². The first-order valence-corrected chi connectivity index (χ1v) is 13.1. The number of piperidine rings is 1. The Balaban J connectivity index is 0.000000470. The molecule has 210 valence electrons. The number of nitrogens with one attached hydrogen (secondary N) is 1. The number of H-pyrrole nitrogens is 1. The van der Waals surface area contributed by atoms with E-state index in [4.69, 9.17) is 21.5 Å². The van der Waals surface area contributed by atoms with Crippen molar-refractivity contribution in [1.29, 1.82) is 0 Å². The van der Waals surface area contributed by atoms with Crippen LogP contribution in [0.25, 0.3) is 11.3 Å². The van der Waals surface area contributed by atoms with Gasteiger partial charge in [-0.05, 0) is 60.8 Å². The topological polar surface area (TPSA) is 69.2 Å². The maximum Gasteiger partial charge on any atom is 0.490 e. The first-order chi connectivity index (χ1) is 19.1. The van der Waals surface area contributed by atoms with Crippen molar-refractivity contribution in [1.82, 2.24) is 15.1 Å². The smallest absolute Gasteiger partial charge is 0.475 e. The minimum absolute atomic E-state index is 0.196. The van der Waals surface area contributed by atoms with E-state index in [9.17, 15) is 17.6 Å². The fraction of sp³-hybridized carbons (Fsp3) is 0.267. The summed E-state index contributed by atoms with van der Waals surface area (Å²) in [7, 11) is 0. The summed E-state index contributed by atoms with van der Waals surface area (Å²) in [4.78, 5) is 11.4. The monoisotopic (exact) mass is 573 g/mol. The zero-order valence-corrected chi connectivity index (χ0v) is 22.2. The fourth-order valence-electron chi connectivity index (χ4n) is 4.87. The van der Waals surface area contributed by atoms with Gasteiger partial charge in [-0.2, -0.15) is 18.3 Å². The average Bonchev–Trinajstić information content (AvgIpc) is 3.43. The molecule has 5 nitrogen and oxygen atoms in total. The van der Waals surface area contributed by atoms with E-state index in [1.165, 1.54) is 11.1 Å². The highest BCUT2D eigenvalue weighted by Gasteiger charge is 2.38. The van der Waals surface area contributed by atoms with Crippen LogP contribution in [0.15, 0.2) is 84.9 Å². The number of likely N-dealkylation sites (tertiary alicyclic amines) is 1. The molecule has 1 aromatic heterocycles. The summed E-state index contributed by atoms with van der Waals surface area (Å²) in [6, 6.07) is 27.6. The molecule has 0 radical (unpaired) electrons. The SMILES string of the molecule is Fc1ccc([C@@H]2CN(CCc3ccccc3)CC[C@H]2c2cc(-c3ccc(Cl)cc3)n[nH]2)cc1.O=C(O)C(F)(F)F. The van der Waals surface area contributed by atoms with Gasteiger partial charge in [-0.15, -0.1) is 0 Å². The van der Waals surface area contributed by atoms with Gasteiger partial charge in [0.15, 0.2) is 0 Å². The molecule has 4 aromatic rings. The van der Waals surface area contributed by atoms with E-state index >= 15 is 0 Å². The number of alkyl halides is 3. The summed E-state index contributed by atoms with van der Waals surface area (Å²) in [6.45, 7) is 3.00. The first kappa shape index (κ1) is 29.3. The van der Waals surface area contributed by atoms with Gasteiger partial charge in [-0.25, -0.2) is 9.18 Å². The number of rotatable bonds is 6. The molecule has 0 spiro atoms. The van der Waals surface area contributed by atoms with Gasteiger partial charge in [0.2, 0.25) is 0 Å². The zero-order valence-electron chi connectivity index (χ0n) is 21.4. The predicted octanol–water partition coefficient (Wildman–Crippen LogP) is 7.32. The molecule has 0 amide bonds. The van der Waals surface area contributed by atoms with Crippen LogP contribution in [0.5, 0.6) is 0 Å². The molecule has 2 heterocycles. The van der Waals surface area contributed by atoms with Crippen molar-refractivity contribution in [3.05, 3.63) is 113 Å². The number of hydrogen-bond donors (Lipinski definition) is 2. The molecule has 1 aliphatic heterocycles. The fourth-order valence-corrected chi connectivity index (χ4v) is 5.00. The van der Waals surface area contributed by atoms with Crippen LogP contribution in [0.4, 0.5) is 17.6 Å². The van der Waals surface area contributed by atoms with Crippen LogP contribution in [0.1, 0.15) is 35.1 Å². The van der Waals surface area contributed by atoms with Gasteiger partial charge in [-0.1, -0.05) is 66.2 Å². The molecule has 2 N–H and O–H groups in total. The number of nitrogens with zero attached hydrogens (tertiary/aromatic N) is 2. The van der Waals surface area contributed by atoms with E-state index in [1.54, 1.807) is 12.1 Å². The van der Waals surface area contributed by atoms with Gasteiger partial charge in [-0.3, -0.25) is 5.10 Å². The number of aromatic amines is 1. The third kappa shape index (κ3) is 7.92. The summed E-state index contributed by atoms with van der Waals surface area (Å²) in [5.74, 6) is -2.38. The molecular weight excluding hydrogens is 546 g/mol. The third-order valence-electron chi connectivity index (χ3n) is 6.93. The van der Waals surface area contributed by atoms with Crippen LogP contribution in [0.3, 0.4) is 0 Å². The van der Waals surface area contributed by atoms with Gasteiger partial charge in [0.25, 0.3) is 0 Å². The van der Waals surface area contributed by atoms with Crippen molar-refractivity contribution < 1.29 is 27.5 Å². The molecule has 5 rings (SSSR count). The lowest BCUT2D eigenvalue weighted by Crippen LogP contribution is -2.39. The molecule has 2 atom stereocenters. The number of hydrogen-bond acceptors (Lipinski definition) is 3. The average molecular weight is 574 g/mol. The second-order valence-corrected chi connectivity index (χ2v) is 10.0. The summed E-state index contributed by atoms with van der Waals surface area (Å²) >= 11 is 6.04. The Morgan fingerprint density at radius 3 is 2.27 bits per heavy atom. The van der Waals surface area contributed by atoms with Gasteiger partial charge >= 0.3 is 12.1 Å². The lowest BCUT2D eigenvalue weighted by molar-refractivity contribution is -0.192. The summed E-state index contributed by atoms with van der Waals surface area (Å²) in [5, 5.41) is 15.7. The van der Waals surface area contributed by atoms with Crippen molar-refractivity contribution in [3.8, 4) is 11.3 Å². The van der Waals surface area contributed by atoms with E-state index in [0.29, 0.717) is 10.9 Å². The molecule has 0 bridgehead atoms. The van der Waals surface area contributed by atoms with E-state index < -0.39 is 12.1 Å². The van der Waals surface area contributed by atoms with Gasteiger partial charge in [0.05, 0.1) is 5.69 Å². The van der Waals surface area contributed by atoms with Gasteiger partial charge < -0.3 is 10.0 Å². The third-order valence-corrected chi connectivity index (χ3v) is 7.19. The Morgan fingerprint density at radius 2 is 1.65 bits per heavy atom. The highest BCUT2D eigenvalue weighted by Crippen LogP contribution is 2.40. The Hall–Kier alpha value is -3.69. The molecule has 1 fully saturated rings. The van der Waals surface area contributed by atoms with E-state index in [1.807, 2.05) is 36.4 Å². The molecule has 0 saturated carbocycles. The van der Waals surface area contributed by atoms with E-state index in [2.05, 4.69) is 51.5 Å². The van der Waals surface area contributed by atoms with Crippen LogP contribution in [-0.2, 0) is 11.2 Å². The van der Waals surface area contributed by atoms with E-state index in [0.717, 1.165) is 49.4 Å². The predicted molar refractivity (Wildman–Crippen MR) is 146 cm³/mol. The quantitative estimate of drug-likeness (QED) is 0.237. The zero-order chi connectivity index (χ0) is 28.7. The maximum atomic E-state index is 13.6. The Kier molecular flexibility index (Phi) is 9.60. The lowest BCUT2D eigenvalue weighted by Gasteiger charge is -2.38. The Bertz CT molecular complexity index is 1380. The van der Waals surface area contributed by atoms with Crippen LogP contribution in [0.2, 0.25) is 5.02 Å². The highest BCUT2D eigenvalue weighted by molar-refractivity contribution is 6.30. The standard InChI is InChI=1S/C28H27ClFN3.C2HF3O2/c29-23-10-6-22(7-11-23)27-18-28(32-31-27)25-15-17-33(16-14-20-4-2-1-3-5-20)19-26(25)21-8-12-24(30)13-9-21;3-2(4,5)1(6)7/h1-13,18,25-26H,14-17,19H2,(H,31,32);(H,6,7)/t25-,26+;/m1./s1. The van der Waals surface area contributed by atoms with Crippen molar-refractivity contribution in [3.63, 3.8) is 0 Å². The number of carboxylic acid groups (broad SMARTS) is 1. The molecular formula is C30H28ClF4N3O2. The second kappa shape index (κ2) is 13.1. The summed E-state index contributed by atoms with van der Waals surface area (Å²) in [5.41, 5.74) is 5.64. The van der Waals surface area contributed by atoms with Crippen molar-refractivity contribution >= 4 is 17.6 Å². The molecule has 0 aliphatic carbocycles. The number of carbonyl (C=O) groups is 1. The molecule has 0 unspecified atom stereocenters. The summed E-state index contributed by atoms with van der Waals surface area (Å²) in [6.07, 6.45) is -3.02. The summed E-state index contributed by atoms with van der Waals surface area (Å²) < 4.78 is 45.4. The number of aliphatic carboxylic acids is 1. The van der Waals surface area contributed by atoms with Crippen LogP contribution in [0, 0.1) is 5.82 Å². The lowest BCUT2D eigenvalue weighted by atomic mass is 9.78. The molecule has 40 heavy (non-hydrogen) atoms. The number of aromatic nitrogens is 2. The molecule has 10 heteroatoms. The van der Waals surface area contributed by atoms with Gasteiger partial charge in [0.1, 0.15) is 5.82 Å². The van der Waals surface area contributed by atoms with Gasteiger partial charge in [0, 0.05) is 41.2 Å². The maximum absolute atomic E-state index is 13.6. The minimum Gasteiger partial charge on any atom is -0.475 e. The Morgan fingerprint density at radius 1 is 1.00 bits per heavy atom. The van der Waals surface area contributed by atoms with E-state index in [-0.39, 0.29) is 11.7 Å². The van der Waals surface area contributed by atoms with Crippen LogP contribution >= 0.6 is 11.6 Å². The van der Waals surface area contributed by atoms with Crippen molar-refractivity contribution in [2.75, 3.05) is 19.6 Å². The molecule has 1 aliphatic rings.